The van der Waals surface area contributed by atoms with Crippen LogP contribution in [0.1, 0.15) is 26.2 Å². The van der Waals surface area contributed by atoms with Gasteiger partial charge in [0.25, 0.3) is 0 Å². The highest BCUT2D eigenvalue weighted by Gasteiger charge is 2.26. The summed E-state index contributed by atoms with van der Waals surface area (Å²) < 4.78 is 0. The first-order valence-corrected chi connectivity index (χ1v) is 4.07. The molecule has 0 spiro atoms. The minimum atomic E-state index is 0.119. The fourth-order valence-corrected chi connectivity index (χ4v) is 1.62. The van der Waals surface area contributed by atoms with Crippen molar-refractivity contribution in [2.45, 2.75) is 38.3 Å². The highest BCUT2D eigenvalue weighted by molar-refractivity contribution is 4.82. The predicted molar refractivity (Wildman–Crippen MR) is 40.4 cm³/mol. The molecule has 0 aromatic rings. The zero-order valence-corrected chi connectivity index (χ0v) is 6.75. The molecule has 0 aromatic carbocycles. The smallest absolute Gasteiger partial charge is 0.0360 e. The Morgan fingerprint density at radius 2 is 1.91 bits per heavy atom. The van der Waals surface area contributed by atoms with Gasteiger partial charge in [0.1, 0.15) is 0 Å². The maximum Gasteiger partial charge on any atom is 0.0360 e. The second-order valence-electron chi connectivity index (χ2n) is 3.35. The lowest BCUT2D eigenvalue weighted by molar-refractivity contribution is 0.0385. The summed E-state index contributed by atoms with van der Waals surface area (Å²) in [7, 11) is 0. The number of hydroxylamine groups is 2. The van der Waals surface area contributed by atoms with Crippen LogP contribution in [0.25, 0.3) is 0 Å². The first kappa shape index (κ1) is 8.93. The van der Waals surface area contributed by atoms with Gasteiger partial charge in [-0.1, -0.05) is 6.92 Å². The Morgan fingerprint density at radius 1 is 1.18 bits per heavy atom. The van der Waals surface area contributed by atoms with Gasteiger partial charge in [-0.15, -0.1) is 0 Å². The van der Waals surface area contributed by atoms with Crippen molar-refractivity contribution in [2.75, 3.05) is 0 Å². The molecule has 4 N–H and O–H groups in total. The molecule has 4 nitrogen and oxygen atoms in total. The molecule has 1 aliphatic rings. The summed E-state index contributed by atoms with van der Waals surface area (Å²) in [5, 5.41) is 17.3. The van der Waals surface area contributed by atoms with Gasteiger partial charge in [-0.3, -0.25) is 0 Å². The van der Waals surface area contributed by atoms with Crippen molar-refractivity contribution >= 4 is 0 Å². The van der Waals surface area contributed by atoms with Gasteiger partial charge in [0.15, 0.2) is 0 Å². The van der Waals surface area contributed by atoms with Gasteiger partial charge in [0.2, 0.25) is 0 Å². The Hall–Kier alpha value is -0.160. The summed E-state index contributed by atoms with van der Waals surface area (Å²) in [4.78, 5) is 0. The van der Waals surface area contributed by atoms with Gasteiger partial charge in [-0.05, 0) is 25.2 Å². The van der Waals surface area contributed by atoms with Crippen LogP contribution in [0.3, 0.4) is 0 Å². The predicted octanol–water partition coefficient (Wildman–Crippen LogP) is 0.501. The Kier molecular flexibility index (Phi) is 3.26. The van der Waals surface area contributed by atoms with Crippen LogP contribution < -0.4 is 11.0 Å². The summed E-state index contributed by atoms with van der Waals surface area (Å²) >= 11 is 0. The third-order valence-electron chi connectivity index (χ3n) is 2.54. The molecule has 1 aliphatic carbocycles. The van der Waals surface area contributed by atoms with Crippen LogP contribution in [-0.2, 0) is 0 Å². The van der Waals surface area contributed by atoms with Crippen LogP contribution in [0.2, 0.25) is 0 Å². The van der Waals surface area contributed by atoms with Crippen molar-refractivity contribution in [3.05, 3.63) is 0 Å². The van der Waals surface area contributed by atoms with Gasteiger partial charge in [-0.2, -0.15) is 0 Å². The molecule has 0 amide bonds. The van der Waals surface area contributed by atoms with E-state index < -0.39 is 0 Å². The van der Waals surface area contributed by atoms with E-state index in [1.54, 1.807) is 0 Å². The van der Waals surface area contributed by atoms with Crippen molar-refractivity contribution in [2.24, 2.45) is 5.92 Å². The van der Waals surface area contributed by atoms with Crippen LogP contribution in [0, 0.1) is 5.92 Å². The van der Waals surface area contributed by atoms with E-state index in [9.17, 15) is 0 Å². The van der Waals surface area contributed by atoms with Gasteiger partial charge >= 0.3 is 0 Å². The Morgan fingerprint density at radius 3 is 2.45 bits per heavy atom. The molecule has 4 heteroatoms. The molecule has 11 heavy (non-hydrogen) atoms. The maximum atomic E-state index is 8.72. The molecule has 0 aromatic heterocycles. The molecular formula is C7H16N2O2. The van der Waals surface area contributed by atoms with Gasteiger partial charge < -0.3 is 10.4 Å². The second-order valence-corrected chi connectivity index (χ2v) is 3.35. The minimum absolute atomic E-state index is 0.119. The van der Waals surface area contributed by atoms with Crippen LogP contribution in [0.15, 0.2) is 0 Å². The third-order valence-corrected chi connectivity index (χ3v) is 2.54. The number of hydrogen-bond donors (Lipinski definition) is 4. The summed E-state index contributed by atoms with van der Waals surface area (Å²) in [6.45, 7) is 2.10. The molecule has 0 aliphatic heterocycles. The Labute approximate surface area is 66.5 Å². The summed E-state index contributed by atoms with van der Waals surface area (Å²) in [6, 6.07) is 0.254. The van der Waals surface area contributed by atoms with Crippen LogP contribution >= 0.6 is 0 Å². The van der Waals surface area contributed by atoms with Crippen LogP contribution in [0.4, 0.5) is 0 Å². The van der Waals surface area contributed by atoms with Gasteiger partial charge in [0, 0.05) is 12.1 Å². The fourth-order valence-electron chi connectivity index (χ4n) is 1.62. The van der Waals surface area contributed by atoms with Crippen molar-refractivity contribution in [1.82, 2.24) is 11.0 Å². The lowest BCUT2D eigenvalue weighted by Crippen LogP contribution is -2.44. The standard InChI is InChI=1S/C7H16N2O2/c1-5-2-3-6(8-10)4-7(5)9-11/h5-11H,2-4H2,1H3. The Balaban J connectivity index is 2.37. The average Bonchev–Trinajstić information content (AvgIpc) is 2.05. The summed E-state index contributed by atoms with van der Waals surface area (Å²) in [5.41, 5.74) is 4.50. The van der Waals surface area contributed by atoms with E-state index in [4.69, 9.17) is 10.4 Å². The molecule has 0 radical (unpaired) electrons. The summed E-state index contributed by atoms with van der Waals surface area (Å²) in [6.07, 6.45) is 2.81. The lowest BCUT2D eigenvalue weighted by atomic mass is 9.84. The fraction of sp³-hybridized carbons (Fsp3) is 1.00. The number of hydrogen-bond acceptors (Lipinski definition) is 4. The molecule has 1 rings (SSSR count). The molecule has 66 valence electrons. The molecule has 0 bridgehead atoms. The third kappa shape index (κ3) is 2.13. The van der Waals surface area contributed by atoms with Crippen LogP contribution in [-0.4, -0.2) is 22.5 Å². The lowest BCUT2D eigenvalue weighted by Gasteiger charge is -2.32. The van der Waals surface area contributed by atoms with E-state index in [2.05, 4.69) is 17.9 Å². The zero-order chi connectivity index (χ0) is 8.27. The minimum Gasteiger partial charge on any atom is -0.317 e. The SMILES string of the molecule is CC1CCC(NO)CC1NO. The van der Waals surface area contributed by atoms with Gasteiger partial charge in [0.05, 0.1) is 0 Å². The van der Waals surface area contributed by atoms with E-state index in [-0.39, 0.29) is 12.1 Å². The largest absolute Gasteiger partial charge is 0.317 e. The number of rotatable bonds is 2. The topological polar surface area (TPSA) is 64.5 Å². The van der Waals surface area contributed by atoms with Crippen molar-refractivity contribution in [3.8, 4) is 0 Å². The highest BCUT2D eigenvalue weighted by atomic mass is 16.5. The molecule has 3 atom stereocenters. The van der Waals surface area contributed by atoms with Gasteiger partial charge in [-0.25, -0.2) is 11.0 Å². The molecule has 3 unspecified atom stereocenters. The number of nitrogens with one attached hydrogen (secondary N) is 2. The van der Waals surface area contributed by atoms with E-state index >= 15 is 0 Å². The van der Waals surface area contributed by atoms with E-state index in [1.165, 1.54) is 0 Å². The maximum absolute atomic E-state index is 8.72. The molecular weight excluding hydrogens is 144 g/mol. The molecule has 0 saturated heterocycles. The van der Waals surface area contributed by atoms with E-state index in [1.807, 2.05) is 0 Å². The highest BCUT2D eigenvalue weighted by Crippen LogP contribution is 2.23. The zero-order valence-electron chi connectivity index (χ0n) is 6.75. The summed E-state index contributed by atoms with van der Waals surface area (Å²) in [5.74, 6) is 0.490. The molecule has 1 fully saturated rings. The first-order valence-electron chi connectivity index (χ1n) is 4.07. The normalized spacial score (nSPS) is 39.0. The monoisotopic (exact) mass is 160 g/mol. The Bertz CT molecular complexity index is 121. The first-order chi connectivity index (χ1) is 5.27. The van der Waals surface area contributed by atoms with Crippen molar-refractivity contribution < 1.29 is 10.4 Å². The average molecular weight is 160 g/mol. The molecule has 1 saturated carbocycles. The second kappa shape index (κ2) is 4.01. The van der Waals surface area contributed by atoms with Crippen LogP contribution in [0.5, 0.6) is 0 Å². The molecule has 0 heterocycles. The van der Waals surface area contributed by atoms with Crippen molar-refractivity contribution in [1.29, 1.82) is 0 Å². The van der Waals surface area contributed by atoms with Crippen molar-refractivity contribution in [3.63, 3.8) is 0 Å². The quantitative estimate of drug-likeness (QED) is 0.444. The van der Waals surface area contributed by atoms with E-state index in [0.717, 1.165) is 19.3 Å². The van der Waals surface area contributed by atoms with E-state index in [0.29, 0.717) is 5.92 Å².